The van der Waals surface area contributed by atoms with Gasteiger partial charge in [-0.3, -0.25) is 4.79 Å². The Morgan fingerprint density at radius 1 is 1.23 bits per heavy atom. The number of nitrogens with one attached hydrogen (secondary N) is 1. The second kappa shape index (κ2) is 7.29. The maximum absolute atomic E-state index is 12.0. The van der Waals surface area contributed by atoms with Crippen LogP contribution in [0.5, 0.6) is 0 Å². The van der Waals surface area contributed by atoms with Crippen LogP contribution >= 0.6 is 11.6 Å². The van der Waals surface area contributed by atoms with Crippen LogP contribution in [0.3, 0.4) is 0 Å². The zero-order valence-corrected chi connectivity index (χ0v) is 13.3. The SMILES string of the molecule is CN(C)c1ccc(C(O)CNC(=O)c2cccc(Cl)c2)cc1. The quantitative estimate of drug-likeness (QED) is 0.891. The number of anilines is 1. The summed E-state index contributed by atoms with van der Waals surface area (Å²) in [6, 6.07) is 14.3. The second-order valence-electron chi connectivity index (χ2n) is 5.22. The lowest BCUT2D eigenvalue weighted by Gasteiger charge is -2.15. The predicted molar refractivity (Wildman–Crippen MR) is 89.5 cm³/mol. The van der Waals surface area contributed by atoms with E-state index in [1.54, 1.807) is 24.3 Å². The van der Waals surface area contributed by atoms with E-state index < -0.39 is 6.10 Å². The van der Waals surface area contributed by atoms with Crippen LogP contribution in [-0.4, -0.2) is 31.7 Å². The Morgan fingerprint density at radius 2 is 1.91 bits per heavy atom. The molecule has 0 saturated heterocycles. The van der Waals surface area contributed by atoms with Gasteiger partial charge >= 0.3 is 0 Å². The van der Waals surface area contributed by atoms with Gasteiger partial charge in [0.2, 0.25) is 0 Å². The van der Waals surface area contributed by atoms with Gasteiger partial charge in [0.15, 0.2) is 0 Å². The molecule has 2 N–H and O–H groups in total. The standard InChI is InChI=1S/C17H19ClN2O2/c1-20(2)15-8-6-12(7-9-15)16(21)11-19-17(22)13-4-3-5-14(18)10-13/h3-10,16,21H,11H2,1-2H3,(H,19,22). The molecular weight excluding hydrogens is 300 g/mol. The van der Waals surface area contributed by atoms with Crippen molar-refractivity contribution in [2.45, 2.75) is 6.10 Å². The first kappa shape index (κ1) is 16.3. The highest BCUT2D eigenvalue weighted by molar-refractivity contribution is 6.30. The average Bonchev–Trinajstić information content (AvgIpc) is 2.52. The molecule has 22 heavy (non-hydrogen) atoms. The van der Waals surface area contributed by atoms with E-state index in [1.165, 1.54) is 0 Å². The summed E-state index contributed by atoms with van der Waals surface area (Å²) in [4.78, 5) is 14.0. The Labute approximate surface area is 135 Å². The van der Waals surface area contributed by atoms with Crippen LogP contribution in [0.25, 0.3) is 0 Å². The number of aliphatic hydroxyl groups excluding tert-OH is 1. The Bertz CT molecular complexity index is 641. The molecular formula is C17H19ClN2O2. The Balaban J connectivity index is 1.94. The molecule has 0 bridgehead atoms. The van der Waals surface area contributed by atoms with Crippen molar-refractivity contribution in [3.05, 3.63) is 64.7 Å². The molecule has 0 aliphatic rings. The summed E-state index contributed by atoms with van der Waals surface area (Å²) in [6.07, 6.45) is -0.751. The van der Waals surface area contributed by atoms with Crippen LogP contribution < -0.4 is 10.2 Å². The molecule has 0 heterocycles. The van der Waals surface area contributed by atoms with E-state index in [2.05, 4.69) is 5.32 Å². The first-order chi connectivity index (χ1) is 10.5. The number of aliphatic hydroxyl groups is 1. The number of amides is 1. The molecule has 4 nitrogen and oxygen atoms in total. The molecule has 0 aliphatic carbocycles. The number of carbonyl (C=O) groups is 1. The van der Waals surface area contributed by atoms with Crippen molar-refractivity contribution < 1.29 is 9.90 Å². The number of halogens is 1. The van der Waals surface area contributed by atoms with Gasteiger partial charge < -0.3 is 15.3 Å². The number of rotatable bonds is 5. The fourth-order valence-electron chi connectivity index (χ4n) is 2.03. The number of benzene rings is 2. The molecule has 1 unspecified atom stereocenters. The summed E-state index contributed by atoms with van der Waals surface area (Å²) in [6.45, 7) is 0.145. The summed E-state index contributed by atoms with van der Waals surface area (Å²) >= 11 is 5.85. The van der Waals surface area contributed by atoms with Crippen LogP contribution in [-0.2, 0) is 0 Å². The van der Waals surface area contributed by atoms with Crippen molar-refractivity contribution in [3.8, 4) is 0 Å². The fraction of sp³-hybridized carbons (Fsp3) is 0.235. The number of hydrogen-bond donors (Lipinski definition) is 2. The van der Waals surface area contributed by atoms with Crippen LogP contribution in [0.4, 0.5) is 5.69 Å². The molecule has 0 saturated carbocycles. The highest BCUT2D eigenvalue weighted by Gasteiger charge is 2.11. The minimum Gasteiger partial charge on any atom is -0.387 e. The minimum atomic E-state index is -0.751. The molecule has 116 valence electrons. The van der Waals surface area contributed by atoms with Gasteiger partial charge in [0.25, 0.3) is 5.91 Å². The molecule has 0 spiro atoms. The van der Waals surface area contributed by atoms with E-state index in [0.29, 0.717) is 10.6 Å². The van der Waals surface area contributed by atoms with Gasteiger partial charge in [-0.2, -0.15) is 0 Å². The third-order valence-corrected chi connectivity index (χ3v) is 3.57. The molecule has 0 aromatic heterocycles. The lowest BCUT2D eigenvalue weighted by atomic mass is 10.1. The van der Waals surface area contributed by atoms with Crippen LogP contribution in [0.2, 0.25) is 5.02 Å². The van der Waals surface area contributed by atoms with Crippen molar-refractivity contribution in [3.63, 3.8) is 0 Å². The van der Waals surface area contributed by atoms with E-state index in [0.717, 1.165) is 11.3 Å². The summed E-state index contributed by atoms with van der Waals surface area (Å²) in [5, 5.41) is 13.4. The minimum absolute atomic E-state index is 0.145. The largest absolute Gasteiger partial charge is 0.387 e. The van der Waals surface area contributed by atoms with E-state index in [9.17, 15) is 9.90 Å². The van der Waals surface area contributed by atoms with Crippen molar-refractivity contribution in [1.82, 2.24) is 5.32 Å². The fourth-order valence-corrected chi connectivity index (χ4v) is 2.22. The first-order valence-corrected chi connectivity index (χ1v) is 7.34. The highest BCUT2D eigenvalue weighted by atomic mass is 35.5. The van der Waals surface area contributed by atoms with E-state index in [1.807, 2.05) is 43.3 Å². The Morgan fingerprint density at radius 3 is 2.50 bits per heavy atom. The Kier molecular flexibility index (Phi) is 5.41. The third-order valence-electron chi connectivity index (χ3n) is 3.34. The lowest BCUT2D eigenvalue weighted by Crippen LogP contribution is -2.28. The monoisotopic (exact) mass is 318 g/mol. The second-order valence-corrected chi connectivity index (χ2v) is 5.66. The van der Waals surface area contributed by atoms with Gasteiger partial charge in [-0.25, -0.2) is 0 Å². The molecule has 0 radical (unpaired) electrons. The zero-order valence-electron chi connectivity index (χ0n) is 12.6. The van der Waals surface area contributed by atoms with E-state index in [-0.39, 0.29) is 12.5 Å². The Hall–Kier alpha value is -2.04. The average molecular weight is 319 g/mol. The molecule has 2 rings (SSSR count). The zero-order chi connectivity index (χ0) is 16.1. The van der Waals surface area contributed by atoms with Gasteiger partial charge in [0.1, 0.15) is 0 Å². The molecule has 0 aliphatic heterocycles. The van der Waals surface area contributed by atoms with E-state index in [4.69, 9.17) is 11.6 Å². The first-order valence-electron chi connectivity index (χ1n) is 6.96. The highest BCUT2D eigenvalue weighted by Crippen LogP contribution is 2.17. The van der Waals surface area contributed by atoms with Crippen molar-refractivity contribution >= 4 is 23.2 Å². The molecule has 1 atom stereocenters. The molecule has 2 aromatic rings. The number of carbonyl (C=O) groups excluding carboxylic acids is 1. The van der Waals surface area contributed by atoms with Gasteiger partial charge in [0.05, 0.1) is 6.10 Å². The smallest absolute Gasteiger partial charge is 0.251 e. The maximum Gasteiger partial charge on any atom is 0.251 e. The predicted octanol–water partition coefficient (Wildman–Crippen LogP) is 2.87. The van der Waals surface area contributed by atoms with Crippen LogP contribution in [0.1, 0.15) is 22.0 Å². The van der Waals surface area contributed by atoms with E-state index >= 15 is 0 Å². The molecule has 0 fully saturated rings. The normalized spacial score (nSPS) is 11.8. The number of hydrogen-bond acceptors (Lipinski definition) is 3. The van der Waals surface area contributed by atoms with Crippen molar-refractivity contribution in [2.75, 3.05) is 25.5 Å². The van der Waals surface area contributed by atoms with Gasteiger partial charge in [-0.05, 0) is 35.9 Å². The maximum atomic E-state index is 12.0. The topological polar surface area (TPSA) is 52.6 Å². The summed E-state index contributed by atoms with van der Waals surface area (Å²) in [5.74, 6) is -0.258. The third kappa shape index (κ3) is 4.23. The van der Waals surface area contributed by atoms with Crippen LogP contribution in [0, 0.1) is 0 Å². The van der Waals surface area contributed by atoms with Gasteiger partial charge in [0, 0.05) is 36.9 Å². The summed E-state index contributed by atoms with van der Waals surface area (Å²) in [7, 11) is 3.91. The lowest BCUT2D eigenvalue weighted by molar-refractivity contribution is 0.0916. The number of nitrogens with zero attached hydrogens (tertiary/aromatic N) is 1. The van der Waals surface area contributed by atoms with Crippen molar-refractivity contribution in [1.29, 1.82) is 0 Å². The summed E-state index contributed by atoms with van der Waals surface area (Å²) in [5.41, 5.74) is 2.29. The molecule has 2 aromatic carbocycles. The van der Waals surface area contributed by atoms with Gasteiger partial charge in [-0.15, -0.1) is 0 Å². The van der Waals surface area contributed by atoms with Crippen molar-refractivity contribution in [2.24, 2.45) is 0 Å². The van der Waals surface area contributed by atoms with Gasteiger partial charge in [-0.1, -0.05) is 29.8 Å². The molecule has 1 amide bonds. The van der Waals surface area contributed by atoms with Crippen LogP contribution in [0.15, 0.2) is 48.5 Å². The molecule has 5 heteroatoms. The summed E-state index contributed by atoms with van der Waals surface area (Å²) < 4.78 is 0.